The van der Waals surface area contributed by atoms with Crippen molar-refractivity contribution >= 4 is 11.8 Å². The van der Waals surface area contributed by atoms with Gasteiger partial charge in [-0.15, -0.1) is 0 Å². The molecule has 2 N–H and O–H groups in total. The zero-order valence-electron chi connectivity index (χ0n) is 19.8. The molecular weight excluding hydrogens is 412 g/mol. The van der Waals surface area contributed by atoms with Crippen molar-refractivity contribution in [1.82, 2.24) is 20.6 Å². The van der Waals surface area contributed by atoms with E-state index in [1.165, 1.54) is 18.6 Å². The van der Waals surface area contributed by atoms with Crippen LogP contribution >= 0.6 is 0 Å². The van der Waals surface area contributed by atoms with E-state index in [0.717, 1.165) is 44.9 Å². The Hall–Kier alpha value is -3.28. The van der Waals surface area contributed by atoms with Crippen molar-refractivity contribution in [2.24, 2.45) is 0 Å². The van der Waals surface area contributed by atoms with Crippen LogP contribution in [0.5, 0.6) is 0 Å². The summed E-state index contributed by atoms with van der Waals surface area (Å²) in [6.45, 7) is 2.90. The van der Waals surface area contributed by atoms with Crippen molar-refractivity contribution in [1.29, 1.82) is 0 Å². The molecule has 2 amide bonds. The minimum absolute atomic E-state index is 0.00361. The first-order valence-corrected chi connectivity index (χ1v) is 11.8. The molecule has 0 saturated heterocycles. The molecule has 0 saturated carbocycles. The molecule has 1 aromatic rings. The van der Waals surface area contributed by atoms with Crippen LogP contribution in [0.25, 0.3) is 0 Å². The predicted octanol–water partition coefficient (Wildman–Crippen LogP) is 5.24. The molecule has 0 spiro atoms. The number of amides is 2. The molecule has 1 heterocycles. The van der Waals surface area contributed by atoms with E-state index in [-0.39, 0.29) is 17.5 Å². The van der Waals surface area contributed by atoms with Crippen LogP contribution in [0.1, 0.15) is 68.8 Å². The molecule has 1 aromatic heterocycles. The highest BCUT2D eigenvalue weighted by molar-refractivity contribution is 5.91. The van der Waals surface area contributed by atoms with Gasteiger partial charge < -0.3 is 10.6 Å². The lowest BCUT2D eigenvalue weighted by atomic mass is 10.2. The molecule has 6 nitrogen and oxygen atoms in total. The average molecular weight is 451 g/mol. The van der Waals surface area contributed by atoms with Gasteiger partial charge in [0, 0.05) is 31.9 Å². The van der Waals surface area contributed by atoms with Gasteiger partial charge in [0.2, 0.25) is 5.91 Å². The number of hydrogen-bond acceptors (Lipinski definition) is 4. The van der Waals surface area contributed by atoms with E-state index in [9.17, 15) is 9.59 Å². The van der Waals surface area contributed by atoms with Gasteiger partial charge in [-0.3, -0.25) is 14.6 Å². The van der Waals surface area contributed by atoms with E-state index in [4.69, 9.17) is 0 Å². The Balaban J connectivity index is 1.95. The fraction of sp³-hybridized carbons (Fsp3) is 0.407. The SMILES string of the molecule is CCC=CCC=CCC=CCC=CCC=CCCCC(=O)NCCNC(=O)c1cnccn1. The van der Waals surface area contributed by atoms with E-state index in [1.54, 1.807) is 0 Å². The van der Waals surface area contributed by atoms with Crippen LogP contribution in [-0.2, 0) is 4.79 Å². The highest BCUT2D eigenvalue weighted by atomic mass is 16.2. The number of allylic oxidation sites excluding steroid dienone is 10. The smallest absolute Gasteiger partial charge is 0.271 e. The lowest BCUT2D eigenvalue weighted by Gasteiger charge is -2.06. The maximum absolute atomic E-state index is 11.8. The largest absolute Gasteiger partial charge is 0.354 e. The second-order valence-electron chi connectivity index (χ2n) is 7.30. The summed E-state index contributed by atoms with van der Waals surface area (Å²) >= 11 is 0. The maximum atomic E-state index is 11.8. The number of nitrogens with one attached hydrogen (secondary N) is 2. The maximum Gasteiger partial charge on any atom is 0.271 e. The Labute approximate surface area is 198 Å². The summed E-state index contributed by atoms with van der Waals surface area (Å²) in [6, 6.07) is 0. The van der Waals surface area contributed by atoms with Crippen LogP contribution in [0.4, 0.5) is 0 Å². The monoisotopic (exact) mass is 450 g/mol. The Bertz CT molecular complexity index is 796. The molecule has 0 unspecified atom stereocenters. The second-order valence-corrected chi connectivity index (χ2v) is 7.30. The third-order valence-corrected chi connectivity index (χ3v) is 4.46. The molecule has 6 heteroatoms. The first kappa shape index (κ1) is 27.8. The van der Waals surface area contributed by atoms with Gasteiger partial charge >= 0.3 is 0 Å². The van der Waals surface area contributed by atoms with E-state index >= 15 is 0 Å². The number of unbranched alkanes of at least 4 members (excludes halogenated alkanes) is 1. The number of nitrogens with zero attached hydrogens (tertiary/aromatic N) is 2. The van der Waals surface area contributed by atoms with Crippen molar-refractivity contribution in [3.8, 4) is 0 Å². The third-order valence-electron chi connectivity index (χ3n) is 4.46. The molecule has 0 atom stereocenters. The van der Waals surface area contributed by atoms with Crippen LogP contribution in [0.15, 0.2) is 79.4 Å². The summed E-state index contributed by atoms with van der Waals surface area (Å²) in [5.74, 6) is -0.299. The van der Waals surface area contributed by atoms with Gasteiger partial charge in [-0.05, 0) is 44.9 Å². The molecule has 0 radical (unpaired) electrons. The number of carbonyl (C=O) groups excluding carboxylic acids is 2. The summed E-state index contributed by atoms with van der Waals surface area (Å²) in [5.41, 5.74) is 0.265. The molecule has 0 bridgehead atoms. The third kappa shape index (κ3) is 17.0. The Kier molecular flexibility index (Phi) is 17.3. The van der Waals surface area contributed by atoms with E-state index < -0.39 is 0 Å². The predicted molar refractivity (Wildman–Crippen MR) is 136 cm³/mol. The number of rotatable bonds is 17. The van der Waals surface area contributed by atoms with Gasteiger partial charge in [0.15, 0.2) is 0 Å². The number of hydrogen-bond donors (Lipinski definition) is 2. The summed E-state index contributed by atoms with van der Waals surface area (Å²) in [4.78, 5) is 31.4. The highest BCUT2D eigenvalue weighted by Gasteiger charge is 2.06. The molecule has 0 aliphatic carbocycles. The average Bonchev–Trinajstić information content (AvgIpc) is 2.84. The van der Waals surface area contributed by atoms with Gasteiger partial charge in [0.05, 0.1) is 6.20 Å². The first-order chi connectivity index (χ1) is 16.2. The van der Waals surface area contributed by atoms with Crippen LogP contribution < -0.4 is 10.6 Å². The van der Waals surface area contributed by atoms with Crippen LogP contribution in [-0.4, -0.2) is 34.9 Å². The van der Waals surface area contributed by atoms with E-state index in [2.05, 4.69) is 88.3 Å². The minimum Gasteiger partial charge on any atom is -0.354 e. The summed E-state index contributed by atoms with van der Waals surface area (Å²) in [7, 11) is 0. The van der Waals surface area contributed by atoms with Crippen LogP contribution in [0.2, 0.25) is 0 Å². The van der Waals surface area contributed by atoms with Gasteiger partial charge in [0.25, 0.3) is 5.91 Å². The second kappa shape index (κ2) is 20.6. The minimum atomic E-state index is -0.296. The zero-order chi connectivity index (χ0) is 23.8. The quantitative estimate of drug-likeness (QED) is 0.251. The lowest BCUT2D eigenvalue weighted by molar-refractivity contribution is -0.121. The zero-order valence-corrected chi connectivity index (χ0v) is 19.8. The molecule has 0 aliphatic rings. The van der Waals surface area contributed by atoms with Crippen LogP contribution in [0, 0.1) is 0 Å². The van der Waals surface area contributed by atoms with Crippen LogP contribution in [0.3, 0.4) is 0 Å². The van der Waals surface area contributed by atoms with Crippen molar-refractivity contribution in [2.75, 3.05) is 13.1 Å². The van der Waals surface area contributed by atoms with Crippen molar-refractivity contribution < 1.29 is 9.59 Å². The molecule has 0 fully saturated rings. The Morgan fingerprint density at radius 2 is 1.36 bits per heavy atom. The van der Waals surface area contributed by atoms with E-state index in [1.807, 2.05) is 0 Å². The van der Waals surface area contributed by atoms with Crippen molar-refractivity contribution in [2.45, 2.75) is 58.3 Å². The van der Waals surface area contributed by atoms with Gasteiger partial charge in [-0.2, -0.15) is 0 Å². The normalized spacial score (nSPS) is 12.0. The van der Waals surface area contributed by atoms with Gasteiger partial charge in [-0.25, -0.2) is 4.98 Å². The summed E-state index contributed by atoms with van der Waals surface area (Å²) < 4.78 is 0. The topological polar surface area (TPSA) is 84.0 Å². The Morgan fingerprint density at radius 1 is 0.788 bits per heavy atom. The highest BCUT2D eigenvalue weighted by Crippen LogP contribution is 1.99. The van der Waals surface area contributed by atoms with Crippen molar-refractivity contribution in [3.05, 3.63) is 85.0 Å². The number of carbonyl (C=O) groups is 2. The molecule has 0 aliphatic heterocycles. The molecule has 33 heavy (non-hydrogen) atoms. The molecule has 178 valence electrons. The number of aromatic nitrogens is 2. The summed E-state index contributed by atoms with van der Waals surface area (Å²) in [6.07, 6.45) is 33.3. The fourth-order valence-corrected chi connectivity index (χ4v) is 2.72. The molecule has 1 rings (SSSR count). The lowest BCUT2D eigenvalue weighted by Crippen LogP contribution is -2.34. The summed E-state index contributed by atoms with van der Waals surface area (Å²) in [5, 5.41) is 5.50. The van der Waals surface area contributed by atoms with Gasteiger partial charge in [-0.1, -0.05) is 67.7 Å². The molecule has 0 aromatic carbocycles. The van der Waals surface area contributed by atoms with Gasteiger partial charge in [0.1, 0.15) is 5.69 Å². The van der Waals surface area contributed by atoms with E-state index in [0.29, 0.717) is 19.5 Å². The standard InChI is InChI=1S/C27H38N4O2/c1-2-3-4-5-6-7-8-9-10-11-12-13-14-15-16-17-18-19-26(32)30-22-23-31-27(33)25-24-28-20-21-29-25/h3-4,6-7,9-10,12-13,15-16,20-21,24H,2,5,8,11,14,17-19,22-23H2,1H3,(H,30,32)(H,31,33). The molecular formula is C27H38N4O2. The van der Waals surface area contributed by atoms with Crippen molar-refractivity contribution in [3.63, 3.8) is 0 Å². The first-order valence-electron chi connectivity index (χ1n) is 11.8. The fourth-order valence-electron chi connectivity index (χ4n) is 2.72. The Morgan fingerprint density at radius 3 is 1.94 bits per heavy atom.